The van der Waals surface area contributed by atoms with E-state index in [1.54, 1.807) is 0 Å². The second kappa shape index (κ2) is 9.27. The number of nitrogens with zero attached hydrogens (tertiary/aromatic N) is 2. The molecule has 0 aliphatic heterocycles. The van der Waals surface area contributed by atoms with Crippen molar-refractivity contribution < 1.29 is 13.6 Å². The third-order valence-corrected chi connectivity index (χ3v) is 4.59. The predicted molar refractivity (Wildman–Crippen MR) is 100 cm³/mol. The van der Waals surface area contributed by atoms with E-state index in [2.05, 4.69) is 32.6 Å². The highest BCUT2D eigenvalue weighted by atomic mass is 32.2. The molecule has 0 atom stereocenters. The lowest BCUT2D eigenvalue weighted by Crippen LogP contribution is -2.26. The summed E-state index contributed by atoms with van der Waals surface area (Å²) in [5, 5.41) is 9.78. The molecule has 27 heavy (non-hydrogen) atoms. The van der Waals surface area contributed by atoms with Gasteiger partial charge in [0.1, 0.15) is 11.6 Å². The summed E-state index contributed by atoms with van der Waals surface area (Å²) in [5.41, 5.74) is 1.50. The molecule has 140 valence electrons. The number of rotatable bonds is 8. The molecule has 0 saturated heterocycles. The van der Waals surface area contributed by atoms with Gasteiger partial charge in [0, 0.05) is 18.2 Å². The van der Waals surface area contributed by atoms with Gasteiger partial charge in [0.15, 0.2) is 5.82 Å². The topological polar surface area (TPSA) is 70.7 Å². The van der Waals surface area contributed by atoms with E-state index >= 15 is 0 Å². The summed E-state index contributed by atoms with van der Waals surface area (Å²) in [5.74, 6) is -1.08. The Morgan fingerprint density at radius 3 is 2.59 bits per heavy atom. The van der Waals surface area contributed by atoms with E-state index in [4.69, 9.17) is 0 Å². The Hall–Kier alpha value is -2.74. The number of halogens is 2. The second-order valence-corrected chi connectivity index (χ2v) is 6.79. The second-order valence-electron chi connectivity index (χ2n) is 5.85. The monoisotopic (exact) mass is 388 g/mol. The molecular formula is C19H18F2N4OS. The van der Waals surface area contributed by atoms with Gasteiger partial charge in [-0.05, 0) is 30.5 Å². The van der Waals surface area contributed by atoms with Crippen LogP contribution >= 0.6 is 11.8 Å². The predicted octanol–water partition coefficient (Wildman–Crippen LogP) is 3.59. The summed E-state index contributed by atoms with van der Waals surface area (Å²) in [6, 6.07) is 13.2. The van der Waals surface area contributed by atoms with Crippen molar-refractivity contribution in [3.8, 4) is 11.4 Å². The van der Waals surface area contributed by atoms with Crippen molar-refractivity contribution >= 4 is 17.7 Å². The van der Waals surface area contributed by atoms with Crippen molar-refractivity contribution in [2.75, 3.05) is 12.3 Å². The van der Waals surface area contributed by atoms with Crippen LogP contribution in [0, 0.1) is 11.6 Å². The molecule has 0 saturated carbocycles. The standard InChI is InChI=1S/C19H18F2N4OS/c20-15-9-14(10-16(21)11-15)18-23-19(25-24-18)27-12-17(26)22-8-4-7-13-5-2-1-3-6-13/h1-3,5-6,9-11H,4,7-8,12H2,(H,22,26)(H,23,24,25). The van der Waals surface area contributed by atoms with Gasteiger partial charge in [-0.15, -0.1) is 5.10 Å². The SMILES string of the molecule is O=C(CSc1n[nH]c(-c2cc(F)cc(F)c2)n1)NCCCc1ccccc1. The summed E-state index contributed by atoms with van der Waals surface area (Å²) >= 11 is 1.15. The Labute approximate surface area is 159 Å². The number of thioether (sulfide) groups is 1. The van der Waals surface area contributed by atoms with Crippen LogP contribution in [0.3, 0.4) is 0 Å². The summed E-state index contributed by atoms with van der Waals surface area (Å²) in [4.78, 5) is 16.1. The van der Waals surface area contributed by atoms with Gasteiger partial charge in [0.05, 0.1) is 5.75 Å². The van der Waals surface area contributed by atoms with Gasteiger partial charge in [-0.2, -0.15) is 0 Å². The highest BCUT2D eigenvalue weighted by Crippen LogP contribution is 2.21. The lowest BCUT2D eigenvalue weighted by atomic mass is 10.1. The average Bonchev–Trinajstić information content (AvgIpc) is 3.13. The minimum Gasteiger partial charge on any atom is -0.355 e. The van der Waals surface area contributed by atoms with Crippen molar-refractivity contribution in [3.63, 3.8) is 0 Å². The molecule has 0 aliphatic rings. The summed E-state index contributed by atoms with van der Waals surface area (Å²) in [7, 11) is 0. The molecule has 0 fully saturated rings. The number of nitrogens with one attached hydrogen (secondary N) is 2. The highest BCUT2D eigenvalue weighted by molar-refractivity contribution is 7.99. The fraction of sp³-hybridized carbons (Fsp3) is 0.211. The minimum absolute atomic E-state index is 0.115. The molecule has 3 aromatic rings. The van der Waals surface area contributed by atoms with Gasteiger partial charge in [0.25, 0.3) is 0 Å². The smallest absolute Gasteiger partial charge is 0.230 e. The number of aromatic nitrogens is 3. The lowest BCUT2D eigenvalue weighted by molar-refractivity contribution is -0.118. The Bertz CT molecular complexity index is 881. The molecule has 1 aromatic heterocycles. The number of carbonyl (C=O) groups is 1. The third kappa shape index (κ3) is 5.89. The summed E-state index contributed by atoms with van der Waals surface area (Å²) in [6.07, 6.45) is 1.76. The van der Waals surface area contributed by atoms with E-state index in [0.717, 1.165) is 42.8 Å². The van der Waals surface area contributed by atoms with Crippen molar-refractivity contribution in [1.82, 2.24) is 20.5 Å². The maximum Gasteiger partial charge on any atom is 0.230 e. The number of aryl methyl sites for hydroxylation is 1. The van der Waals surface area contributed by atoms with Crippen LogP contribution in [0.1, 0.15) is 12.0 Å². The van der Waals surface area contributed by atoms with Crippen LogP contribution in [0.25, 0.3) is 11.4 Å². The Morgan fingerprint density at radius 2 is 1.85 bits per heavy atom. The number of carbonyl (C=O) groups excluding carboxylic acids is 1. The molecule has 5 nitrogen and oxygen atoms in total. The van der Waals surface area contributed by atoms with Crippen LogP contribution in [0.15, 0.2) is 53.7 Å². The van der Waals surface area contributed by atoms with Gasteiger partial charge in [-0.25, -0.2) is 13.8 Å². The molecule has 1 amide bonds. The first-order valence-electron chi connectivity index (χ1n) is 8.42. The zero-order valence-corrected chi connectivity index (χ0v) is 15.2. The number of H-pyrrole nitrogens is 1. The van der Waals surface area contributed by atoms with E-state index in [9.17, 15) is 13.6 Å². The van der Waals surface area contributed by atoms with Crippen molar-refractivity contribution in [2.24, 2.45) is 0 Å². The Morgan fingerprint density at radius 1 is 1.11 bits per heavy atom. The third-order valence-electron chi connectivity index (χ3n) is 3.74. The lowest BCUT2D eigenvalue weighted by Gasteiger charge is -2.04. The molecule has 1 heterocycles. The van der Waals surface area contributed by atoms with E-state index in [0.29, 0.717) is 11.7 Å². The van der Waals surface area contributed by atoms with E-state index in [-0.39, 0.29) is 23.0 Å². The summed E-state index contributed by atoms with van der Waals surface area (Å²) < 4.78 is 26.5. The van der Waals surface area contributed by atoms with Crippen molar-refractivity contribution in [2.45, 2.75) is 18.0 Å². The molecule has 0 unspecified atom stereocenters. The quantitative estimate of drug-likeness (QED) is 0.457. The van der Waals surface area contributed by atoms with Crippen LogP contribution in [-0.2, 0) is 11.2 Å². The Balaban J connectivity index is 1.42. The number of aromatic amines is 1. The zero-order chi connectivity index (χ0) is 19.1. The van der Waals surface area contributed by atoms with Gasteiger partial charge in [-0.3, -0.25) is 9.89 Å². The maximum atomic E-state index is 13.3. The molecule has 3 rings (SSSR count). The fourth-order valence-corrected chi connectivity index (χ4v) is 3.11. The molecular weight excluding hydrogens is 370 g/mol. The molecule has 0 aliphatic carbocycles. The van der Waals surface area contributed by atoms with Gasteiger partial charge in [0.2, 0.25) is 11.1 Å². The molecule has 2 aromatic carbocycles. The van der Waals surface area contributed by atoms with Crippen LogP contribution < -0.4 is 5.32 Å². The molecule has 0 radical (unpaired) electrons. The normalized spacial score (nSPS) is 10.7. The number of hydrogen-bond acceptors (Lipinski definition) is 4. The van der Waals surface area contributed by atoms with E-state index < -0.39 is 11.6 Å². The number of amides is 1. The van der Waals surface area contributed by atoms with Gasteiger partial charge in [-0.1, -0.05) is 42.1 Å². The van der Waals surface area contributed by atoms with Gasteiger partial charge < -0.3 is 5.32 Å². The highest BCUT2D eigenvalue weighted by Gasteiger charge is 2.10. The molecule has 8 heteroatoms. The van der Waals surface area contributed by atoms with Crippen LogP contribution in [0.2, 0.25) is 0 Å². The first kappa shape index (κ1) is 19.0. The van der Waals surface area contributed by atoms with Crippen LogP contribution in [0.4, 0.5) is 8.78 Å². The first-order valence-corrected chi connectivity index (χ1v) is 9.41. The first-order chi connectivity index (χ1) is 13.1. The maximum absolute atomic E-state index is 13.3. The Kier molecular flexibility index (Phi) is 6.54. The van der Waals surface area contributed by atoms with Crippen LogP contribution in [0.5, 0.6) is 0 Å². The number of hydrogen-bond donors (Lipinski definition) is 2. The average molecular weight is 388 g/mol. The molecule has 0 bridgehead atoms. The van der Waals surface area contributed by atoms with E-state index in [1.807, 2.05) is 18.2 Å². The molecule has 0 spiro atoms. The number of benzene rings is 2. The molecule has 2 N–H and O–H groups in total. The largest absolute Gasteiger partial charge is 0.355 e. The van der Waals surface area contributed by atoms with E-state index in [1.165, 1.54) is 5.56 Å². The van der Waals surface area contributed by atoms with Gasteiger partial charge >= 0.3 is 0 Å². The summed E-state index contributed by atoms with van der Waals surface area (Å²) in [6.45, 7) is 0.593. The zero-order valence-electron chi connectivity index (χ0n) is 14.4. The van der Waals surface area contributed by atoms with Crippen LogP contribution in [-0.4, -0.2) is 33.4 Å². The van der Waals surface area contributed by atoms with Crippen molar-refractivity contribution in [1.29, 1.82) is 0 Å². The van der Waals surface area contributed by atoms with Crippen molar-refractivity contribution in [3.05, 3.63) is 65.7 Å². The fourth-order valence-electron chi connectivity index (χ4n) is 2.48. The minimum atomic E-state index is -0.689.